The fourth-order valence-electron chi connectivity index (χ4n) is 3.99. The Balaban J connectivity index is 1.39. The predicted octanol–water partition coefficient (Wildman–Crippen LogP) is 2.70. The zero-order valence-corrected chi connectivity index (χ0v) is 15.0. The zero-order valence-electron chi connectivity index (χ0n) is 15.0. The van der Waals surface area contributed by atoms with E-state index in [1.807, 2.05) is 36.5 Å². The lowest BCUT2D eigenvalue weighted by Crippen LogP contribution is -2.47. The Morgan fingerprint density at radius 3 is 2.88 bits per heavy atom. The standard InChI is InChI=1S/C20H26N4O2/c25-20(16-4-2-10-23(15-16)18-7-12-26-13-8-18)22-17-5-1-6-19(14-17)24-11-3-9-21-24/h1,3,5-6,9,11,14,16,18H,2,4,7-8,10,12-13,15H2,(H,22,25). The second-order valence-corrected chi connectivity index (χ2v) is 7.17. The number of ether oxygens (including phenoxy) is 1. The van der Waals surface area contributed by atoms with Gasteiger partial charge in [-0.2, -0.15) is 5.10 Å². The normalized spacial score (nSPS) is 22.2. The van der Waals surface area contributed by atoms with Crippen LogP contribution >= 0.6 is 0 Å². The molecule has 2 aromatic rings. The molecular formula is C20H26N4O2. The van der Waals surface area contributed by atoms with Crippen molar-refractivity contribution in [1.29, 1.82) is 0 Å². The molecule has 0 saturated carbocycles. The number of hydrogen-bond acceptors (Lipinski definition) is 4. The summed E-state index contributed by atoms with van der Waals surface area (Å²) in [6.07, 6.45) is 7.86. The zero-order chi connectivity index (χ0) is 17.8. The van der Waals surface area contributed by atoms with Gasteiger partial charge in [0, 0.05) is 43.9 Å². The maximum absolute atomic E-state index is 12.8. The molecule has 138 valence electrons. The Kier molecular flexibility index (Phi) is 5.32. The maximum atomic E-state index is 12.8. The van der Waals surface area contributed by atoms with Gasteiger partial charge < -0.3 is 10.1 Å². The highest BCUT2D eigenvalue weighted by Crippen LogP contribution is 2.24. The summed E-state index contributed by atoms with van der Waals surface area (Å²) in [5.41, 5.74) is 1.77. The molecule has 2 fully saturated rings. The van der Waals surface area contributed by atoms with Gasteiger partial charge in [0.25, 0.3) is 0 Å². The average Bonchev–Trinajstić information content (AvgIpc) is 3.24. The Hall–Kier alpha value is -2.18. The van der Waals surface area contributed by atoms with Crippen LogP contribution in [0.4, 0.5) is 5.69 Å². The summed E-state index contributed by atoms with van der Waals surface area (Å²) >= 11 is 0. The van der Waals surface area contributed by atoms with Crippen molar-refractivity contribution in [1.82, 2.24) is 14.7 Å². The van der Waals surface area contributed by atoms with Gasteiger partial charge in [-0.3, -0.25) is 9.69 Å². The maximum Gasteiger partial charge on any atom is 0.228 e. The number of piperidine rings is 1. The predicted molar refractivity (Wildman–Crippen MR) is 100 cm³/mol. The minimum absolute atomic E-state index is 0.0555. The van der Waals surface area contributed by atoms with Gasteiger partial charge in [0.2, 0.25) is 5.91 Å². The van der Waals surface area contributed by atoms with Crippen LogP contribution in [-0.2, 0) is 9.53 Å². The summed E-state index contributed by atoms with van der Waals surface area (Å²) in [6.45, 7) is 3.65. The lowest BCUT2D eigenvalue weighted by Gasteiger charge is -2.39. The molecule has 2 aliphatic heterocycles. The van der Waals surface area contributed by atoms with Gasteiger partial charge in [-0.05, 0) is 56.5 Å². The molecule has 3 heterocycles. The van der Waals surface area contributed by atoms with Crippen LogP contribution in [0.2, 0.25) is 0 Å². The summed E-state index contributed by atoms with van der Waals surface area (Å²) in [5.74, 6) is 0.180. The molecule has 0 aliphatic carbocycles. The molecule has 1 aromatic carbocycles. The summed E-state index contributed by atoms with van der Waals surface area (Å²) in [4.78, 5) is 15.3. The van der Waals surface area contributed by atoms with Gasteiger partial charge in [0.15, 0.2) is 0 Å². The smallest absolute Gasteiger partial charge is 0.228 e. The van der Waals surface area contributed by atoms with E-state index in [-0.39, 0.29) is 11.8 Å². The average molecular weight is 354 g/mol. The Morgan fingerprint density at radius 2 is 2.08 bits per heavy atom. The summed E-state index contributed by atoms with van der Waals surface area (Å²) < 4.78 is 7.27. The third-order valence-corrected chi connectivity index (χ3v) is 5.41. The molecule has 0 bridgehead atoms. The van der Waals surface area contributed by atoms with E-state index in [0.29, 0.717) is 6.04 Å². The fourth-order valence-corrected chi connectivity index (χ4v) is 3.99. The highest BCUT2D eigenvalue weighted by atomic mass is 16.5. The summed E-state index contributed by atoms with van der Waals surface area (Å²) in [5, 5.41) is 7.35. The molecule has 1 unspecified atom stereocenters. The number of nitrogens with one attached hydrogen (secondary N) is 1. The first-order chi connectivity index (χ1) is 12.8. The number of hydrogen-bond donors (Lipinski definition) is 1. The number of benzene rings is 1. The second-order valence-electron chi connectivity index (χ2n) is 7.17. The second kappa shape index (κ2) is 8.01. The third-order valence-electron chi connectivity index (χ3n) is 5.41. The molecule has 1 aromatic heterocycles. The van der Waals surface area contributed by atoms with Crippen LogP contribution in [0.5, 0.6) is 0 Å². The molecule has 2 saturated heterocycles. The molecule has 26 heavy (non-hydrogen) atoms. The van der Waals surface area contributed by atoms with Gasteiger partial charge >= 0.3 is 0 Å². The van der Waals surface area contributed by atoms with Crippen molar-refractivity contribution in [3.63, 3.8) is 0 Å². The van der Waals surface area contributed by atoms with Crippen LogP contribution in [0.1, 0.15) is 25.7 Å². The van der Waals surface area contributed by atoms with Crippen molar-refractivity contribution >= 4 is 11.6 Å². The van der Waals surface area contributed by atoms with E-state index in [2.05, 4.69) is 15.3 Å². The van der Waals surface area contributed by atoms with Gasteiger partial charge in [0.05, 0.1) is 11.6 Å². The van der Waals surface area contributed by atoms with Gasteiger partial charge in [-0.1, -0.05) is 6.07 Å². The number of anilines is 1. The molecule has 0 spiro atoms. The summed E-state index contributed by atoms with van der Waals surface area (Å²) in [7, 11) is 0. The van der Waals surface area contributed by atoms with Crippen molar-refractivity contribution in [3.05, 3.63) is 42.7 Å². The van der Waals surface area contributed by atoms with E-state index < -0.39 is 0 Å². The number of carbonyl (C=O) groups is 1. The molecule has 1 amide bonds. The van der Waals surface area contributed by atoms with Crippen molar-refractivity contribution < 1.29 is 9.53 Å². The lowest BCUT2D eigenvalue weighted by atomic mass is 9.94. The molecule has 2 aliphatic rings. The van der Waals surface area contributed by atoms with E-state index in [1.165, 1.54) is 0 Å². The molecule has 1 atom stereocenters. The lowest BCUT2D eigenvalue weighted by molar-refractivity contribution is -0.122. The van der Waals surface area contributed by atoms with Crippen LogP contribution in [0.3, 0.4) is 0 Å². The fraction of sp³-hybridized carbons (Fsp3) is 0.500. The third kappa shape index (κ3) is 3.97. The highest BCUT2D eigenvalue weighted by molar-refractivity contribution is 5.93. The molecule has 1 N–H and O–H groups in total. The molecular weight excluding hydrogens is 328 g/mol. The Morgan fingerprint density at radius 1 is 1.19 bits per heavy atom. The largest absolute Gasteiger partial charge is 0.381 e. The van der Waals surface area contributed by atoms with Crippen molar-refractivity contribution in [2.45, 2.75) is 31.7 Å². The van der Waals surface area contributed by atoms with E-state index >= 15 is 0 Å². The molecule has 0 radical (unpaired) electrons. The number of rotatable bonds is 4. The van der Waals surface area contributed by atoms with E-state index in [1.54, 1.807) is 10.9 Å². The van der Waals surface area contributed by atoms with Crippen molar-refractivity contribution in [2.75, 3.05) is 31.6 Å². The monoisotopic (exact) mass is 354 g/mol. The van der Waals surface area contributed by atoms with Crippen LogP contribution in [0.15, 0.2) is 42.7 Å². The minimum Gasteiger partial charge on any atom is -0.381 e. The Labute approximate surface area is 154 Å². The minimum atomic E-state index is 0.0555. The topological polar surface area (TPSA) is 59.4 Å². The first-order valence-electron chi connectivity index (χ1n) is 9.52. The van der Waals surface area contributed by atoms with E-state index in [0.717, 1.165) is 63.4 Å². The molecule has 4 rings (SSSR count). The quantitative estimate of drug-likeness (QED) is 0.917. The van der Waals surface area contributed by atoms with Crippen LogP contribution < -0.4 is 5.32 Å². The van der Waals surface area contributed by atoms with Crippen LogP contribution in [0, 0.1) is 5.92 Å². The number of carbonyl (C=O) groups excluding carboxylic acids is 1. The van der Waals surface area contributed by atoms with Crippen LogP contribution in [-0.4, -0.2) is 52.9 Å². The van der Waals surface area contributed by atoms with Gasteiger partial charge in [-0.25, -0.2) is 4.68 Å². The SMILES string of the molecule is O=C(Nc1cccc(-n2cccn2)c1)C1CCCN(C2CCOCC2)C1. The first kappa shape index (κ1) is 17.2. The number of likely N-dealkylation sites (tertiary alicyclic amines) is 1. The highest BCUT2D eigenvalue weighted by Gasteiger charge is 2.30. The summed E-state index contributed by atoms with van der Waals surface area (Å²) in [6, 6.07) is 10.3. The number of amides is 1. The molecule has 6 heteroatoms. The van der Waals surface area contributed by atoms with Gasteiger partial charge in [0.1, 0.15) is 0 Å². The van der Waals surface area contributed by atoms with E-state index in [9.17, 15) is 4.79 Å². The number of nitrogens with zero attached hydrogens (tertiary/aromatic N) is 3. The van der Waals surface area contributed by atoms with Crippen molar-refractivity contribution in [3.8, 4) is 5.69 Å². The van der Waals surface area contributed by atoms with Crippen molar-refractivity contribution in [2.24, 2.45) is 5.92 Å². The molecule has 6 nitrogen and oxygen atoms in total. The van der Waals surface area contributed by atoms with Crippen LogP contribution in [0.25, 0.3) is 5.69 Å². The number of aromatic nitrogens is 2. The Bertz CT molecular complexity index is 725. The first-order valence-corrected chi connectivity index (χ1v) is 9.52. The van der Waals surface area contributed by atoms with E-state index in [4.69, 9.17) is 4.74 Å². The van der Waals surface area contributed by atoms with Gasteiger partial charge in [-0.15, -0.1) is 0 Å².